The van der Waals surface area contributed by atoms with Crippen LogP contribution in [0.4, 0.5) is 11.4 Å². The van der Waals surface area contributed by atoms with Gasteiger partial charge in [0, 0.05) is 22.9 Å². The van der Waals surface area contributed by atoms with Gasteiger partial charge in [-0.05, 0) is 56.7 Å². The molecular formula is C22H24ClN5O2S. The molecule has 0 saturated carbocycles. The first-order valence-corrected chi connectivity index (χ1v) is 11.2. The maximum Gasteiger partial charge on any atom is 0.234 e. The fourth-order valence-corrected chi connectivity index (χ4v) is 3.97. The third kappa shape index (κ3) is 6.32. The van der Waals surface area contributed by atoms with E-state index in [1.165, 1.54) is 11.8 Å². The predicted molar refractivity (Wildman–Crippen MR) is 125 cm³/mol. The summed E-state index contributed by atoms with van der Waals surface area (Å²) in [6.07, 6.45) is 0.0821. The summed E-state index contributed by atoms with van der Waals surface area (Å²) < 4.78 is 1.84. The van der Waals surface area contributed by atoms with Crippen molar-refractivity contribution in [2.45, 2.75) is 38.9 Å². The first-order valence-electron chi connectivity index (χ1n) is 9.83. The van der Waals surface area contributed by atoms with Gasteiger partial charge in [0.05, 0.1) is 12.2 Å². The van der Waals surface area contributed by atoms with Crippen LogP contribution in [0.1, 0.15) is 23.9 Å². The van der Waals surface area contributed by atoms with Crippen molar-refractivity contribution < 1.29 is 9.59 Å². The molecule has 7 nitrogen and oxygen atoms in total. The molecule has 162 valence electrons. The van der Waals surface area contributed by atoms with Crippen molar-refractivity contribution in [3.8, 4) is 0 Å². The number of thioether (sulfide) groups is 1. The highest BCUT2D eigenvalue weighted by atomic mass is 35.5. The van der Waals surface area contributed by atoms with Gasteiger partial charge in [-0.1, -0.05) is 41.1 Å². The topological polar surface area (TPSA) is 88.9 Å². The molecule has 0 unspecified atom stereocenters. The third-order valence-corrected chi connectivity index (χ3v) is 5.76. The Morgan fingerprint density at radius 3 is 2.45 bits per heavy atom. The number of nitrogens with one attached hydrogen (secondary N) is 2. The SMILES string of the molecule is CCn1c(CC(=O)Nc2ccc(Cl)cc2)nnc1SCC(=O)Nc1ccc(C)cc1C. The van der Waals surface area contributed by atoms with Gasteiger partial charge in [0.1, 0.15) is 5.82 Å². The second kappa shape index (κ2) is 10.5. The van der Waals surface area contributed by atoms with Crippen LogP contribution in [0.2, 0.25) is 5.02 Å². The summed E-state index contributed by atoms with van der Waals surface area (Å²) in [6, 6.07) is 12.8. The molecule has 0 saturated heterocycles. The van der Waals surface area contributed by atoms with Crippen LogP contribution in [0.3, 0.4) is 0 Å². The van der Waals surface area contributed by atoms with E-state index in [-0.39, 0.29) is 24.0 Å². The van der Waals surface area contributed by atoms with E-state index in [0.717, 1.165) is 16.8 Å². The van der Waals surface area contributed by atoms with Crippen molar-refractivity contribution in [1.82, 2.24) is 14.8 Å². The number of halogens is 1. The molecule has 0 aliphatic rings. The highest BCUT2D eigenvalue weighted by Gasteiger charge is 2.16. The Morgan fingerprint density at radius 1 is 1.03 bits per heavy atom. The minimum absolute atomic E-state index is 0.0821. The molecule has 1 aromatic heterocycles. The van der Waals surface area contributed by atoms with E-state index in [9.17, 15) is 9.59 Å². The van der Waals surface area contributed by atoms with Crippen LogP contribution < -0.4 is 10.6 Å². The maximum atomic E-state index is 12.4. The lowest BCUT2D eigenvalue weighted by Gasteiger charge is -2.10. The second-order valence-electron chi connectivity index (χ2n) is 7.03. The number of nitrogens with zero attached hydrogens (tertiary/aromatic N) is 3. The summed E-state index contributed by atoms with van der Waals surface area (Å²) in [7, 11) is 0. The quantitative estimate of drug-likeness (QED) is 0.487. The van der Waals surface area contributed by atoms with E-state index in [4.69, 9.17) is 11.6 Å². The van der Waals surface area contributed by atoms with Crippen molar-refractivity contribution in [3.63, 3.8) is 0 Å². The first-order chi connectivity index (χ1) is 14.9. The molecule has 0 radical (unpaired) electrons. The van der Waals surface area contributed by atoms with E-state index in [1.54, 1.807) is 24.3 Å². The second-order valence-corrected chi connectivity index (χ2v) is 8.41. The number of anilines is 2. The van der Waals surface area contributed by atoms with Gasteiger partial charge in [0.15, 0.2) is 5.16 Å². The average molecular weight is 458 g/mol. The van der Waals surface area contributed by atoms with Gasteiger partial charge in [-0.2, -0.15) is 0 Å². The molecule has 0 aliphatic carbocycles. The molecule has 31 heavy (non-hydrogen) atoms. The summed E-state index contributed by atoms with van der Waals surface area (Å²) in [5, 5.41) is 15.3. The monoisotopic (exact) mass is 457 g/mol. The van der Waals surface area contributed by atoms with Crippen LogP contribution in [-0.2, 0) is 22.6 Å². The molecule has 3 aromatic rings. The lowest BCUT2D eigenvalue weighted by Crippen LogP contribution is -2.18. The smallest absolute Gasteiger partial charge is 0.234 e. The lowest BCUT2D eigenvalue weighted by molar-refractivity contribution is -0.116. The molecular weight excluding hydrogens is 434 g/mol. The molecule has 9 heteroatoms. The van der Waals surface area contributed by atoms with E-state index in [1.807, 2.05) is 43.5 Å². The fourth-order valence-electron chi connectivity index (χ4n) is 3.03. The number of aromatic nitrogens is 3. The van der Waals surface area contributed by atoms with E-state index < -0.39 is 0 Å². The Morgan fingerprint density at radius 2 is 1.77 bits per heavy atom. The van der Waals surface area contributed by atoms with Crippen molar-refractivity contribution >= 4 is 46.6 Å². The Kier molecular flexibility index (Phi) is 7.70. The van der Waals surface area contributed by atoms with Crippen molar-refractivity contribution in [2.75, 3.05) is 16.4 Å². The molecule has 2 amide bonds. The summed E-state index contributed by atoms with van der Waals surface area (Å²) >= 11 is 7.16. The van der Waals surface area contributed by atoms with Crippen LogP contribution in [-0.4, -0.2) is 32.3 Å². The van der Waals surface area contributed by atoms with Gasteiger partial charge >= 0.3 is 0 Å². The van der Waals surface area contributed by atoms with Crippen molar-refractivity contribution in [2.24, 2.45) is 0 Å². The number of hydrogen-bond donors (Lipinski definition) is 2. The van der Waals surface area contributed by atoms with E-state index in [0.29, 0.717) is 28.2 Å². The van der Waals surface area contributed by atoms with Gasteiger partial charge in [0.2, 0.25) is 11.8 Å². The van der Waals surface area contributed by atoms with Crippen molar-refractivity contribution in [3.05, 3.63) is 64.4 Å². The molecule has 3 rings (SSSR count). The highest BCUT2D eigenvalue weighted by Crippen LogP contribution is 2.20. The van der Waals surface area contributed by atoms with E-state index >= 15 is 0 Å². The summed E-state index contributed by atoms with van der Waals surface area (Å²) in [5.41, 5.74) is 3.62. The van der Waals surface area contributed by atoms with Crippen molar-refractivity contribution in [1.29, 1.82) is 0 Å². The zero-order chi connectivity index (χ0) is 22.4. The molecule has 1 heterocycles. The number of carbonyl (C=O) groups is 2. The lowest BCUT2D eigenvalue weighted by atomic mass is 10.1. The predicted octanol–water partition coefficient (Wildman–Crippen LogP) is 4.48. The number of benzene rings is 2. The van der Waals surface area contributed by atoms with Crippen LogP contribution >= 0.6 is 23.4 Å². The van der Waals surface area contributed by atoms with Gasteiger partial charge in [-0.3, -0.25) is 9.59 Å². The first kappa shape index (κ1) is 22.8. The largest absolute Gasteiger partial charge is 0.326 e. The number of rotatable bonds is 8. The number of carbonyl (C=O) groups excluding carboxylic acids is 2. The molecule has 0 atom stereocenters. The zero-order valence-corrected chi connectivity index (χ0v) is 19.2. The summed E-state index contributed by atoms with van der Waals surface area (Å²) in [4.78, 5) is 24.7. The standard InChI is InChI=1S/C22H24ClN5O2S/c1-4-28-19(12-20(29)24-17-8-6-16(23)7-9-17)26-27-22(28)31-13-21(30)25-18-10-5-14(2)11-15(18)3/h5-11H,4,12-13H2,1-3H3,(H,24,29)(H,25,30). The van der Waals surface area contributed by atoms with Gasteiger partial charge in [0.25, 0.3) is 0 Å². The van der Waals surface area contributed by atoms with Crippen LogP contribution in [0.15, 0.2) is 47.6 Å². The average Bonchev–Trinajstić information content (AvgIpc) is 3.11. The Bertz CT molecular complexity index is 1080. The molecule has 0 aliphatic heterocycles. The number of aryl methyl sites for hydroxylation is 2. The normalized spacial score (nSPS) is 10.7. The number of hydrogen-bond acceptors (Lipinski definition) is 5. The molecule has 0 fully saturated rings. The van der Waals surface area contributed by atoms with Gasteiger partial charge in [-0.25, -0.2) is 0 Å². The third-order valence-electron chi connectivity index (χ3n) is 4.54. The molecule has 0 bridgehead atoms. The fraction of sp³-hybridized carbons (Fsp3) is 0.273. The summed E-state index contributed by atoms with van der Waals surface area (Å²) in [5.74, 6) is 0.423. The zero-order valence-electron chi connectivity index (χ0n) is 17.6. The van der Waals surface area contributed by atoms with Crippen LogP contribution in [0, 0.1) is 13.8 Å². The minimum Gasteiger partial charge on any atom is -0.326 e. The molecule has 0 spiro atoms. The van der Waals surface area contributed by atoms with Crippen LogP contribution in [0.25, 0.3) is 0 Å². The Balaban J connectivity index is 1.58. The van der Waals surface area contributed by atoms with Gasteiger partial charge < -0.3 is 15.2 Å². The Labute approximate surface area is 190 Å². The Hall–Kier alpha value is -2.84. The summed E-state index contributed by atoms with van der Waals surface area (Å²) in [6.45, 7) is 6.52. The molecule has 2 N–H and O–H groups in total. The maximum absolute atomic E-state index is 12.4. The highest BCUT2D eigenvalue weighted by molar-refractivity contribution is 7.99. The van der Waals surface area contributed by atoms with Gasteiger partial charge in [-0.15, -0.1) is 10.2 Å². The molecule has 2 aromatic carbocycles. The number of amides is 2. The van der Waals surface area contributed by atoms with E-state index in [2.05, 4.69) is 20.8 Å². The van der Waals surface area contributed by atoms with Crippen LogP contribution in [0.5, 0.6) is 0 Å². The minimum atomic E-state index is -0.200.